The van der Waals surface area contributed by atoms with Crippen molar-refractivity contribution < 1.29 is 18.4 Å². The number of hydrogen-bond acceptors (Lipinski definition) is 4. The SMILES string of the molecule is CC[Si](C=C[Si](C)(C)CO)(C=C[Si](OC)(OC)OC)CC. The molecule has 4 nitrogen and oxygen atoms in total. The van der Waals surface area contributed by atoms with Gasteiger partial charge in [-0.2, -0.15) is 0 Å². The Morgan fingerprint density at radius 2 is 1.24 bits per heavy atom. The van der Waals surface area contributed by atoms with E-state index in [-0.39, 0.29) is 6.23 Å². The third kappa shape index (κ3) is 6.31. The third-order valence-electron chi connectivity index (χ3n) is 4.06. The molecule has 0 amide bonds. The van der Waals surface area contributed by atoms with Crippen molar-refractivity contribution in [3.8, 4) is 0 Å². The van der Waals surface area contributed by atoms with Gasteiger partial charge in [-0.3, -0.25) is 0 Å². The van der Waals surface area contributed by atoms with Crippen LogP contribution in [0.1, 0.15) is 13.8 Å². The van der Waals surface area contributed by atoms with Gasteiger partial charge < -0.3 is 18.4 Å². The van der Waals surface area contributed by atoms with Gasteiger partial charge in [0.05, 0.1) is 16.1 Å². The summed E-state index contributed by atoms with van der Waals surface area (Å²) in [4.78, 5) is 0. The maximum Gasteiger partial charge on any atom is 0.528 e. The van der Waals surface area contributed by atoms with Crippen molar-refractivity contribution in [2.24, 2.45) is 0 Å². The highest BCUT2D eigenvalue weighted by atomic mass is 28.4. The van der Waals surface area contributed by atoms with Crippen LogP contribution >= 0.6 is 0 Å². The Balaban J connectivity index is 5.39. The van der Waals surface area contributed by atoms with Crippen molar-refractivity contribution in [2.45, 2.75) is 39.0 Å². The Hall–Kier alpha value is -0.0294. The lowest BCUT2D eigenvalue weighted by Crippen LogP contribution is -2.42. The number of aliphatic hydroxyl groups excluding tert-OH is 1. The average molecular weight is 349 g/mol. The molecule has 0 aromatic heterocycles. The lowest BCUT2D eigenvalue weighted by molar-refractivity contribution is 0.138. The molecule has 0 aromatic carbocycles. The first kappa shape index (κ1) is 21.0. The quantitative estimate of drug-likeness (QED) is 0.617. The molecule has 0 rings (SSSR count). The fraction of sp³-hybridized carbons (Fsp3) is 0.714. The third-order valence-corrected chi connectivity index (χ3v) is 13.2. The standard InChI is InChI=1S/C14H32O4Si3/c1-8-20(9-2,11-10-19(6,7)14-15)12-13-21(16-3,17-4)18-5/h10-13,15H,8-9,14H2,1-7H3. The molecule has 0 aliphatic rings. The van der Waals surface area contributed by atoms with E-state index in [0.29, 0.717) is 0 Å². The summed E-state index contributed by atoms with van der Waals surface area (Å²) in [6.45, 7) is 8.81. The molecule has 0 bridgehead atoms. The number of hydrogen-bond donors (Lipinski definition) is 1. The molecule has 0 heterocycles. The Bertz CT molecular complexity index is 340. The summed E-state index contributed by atoms with van der Waals surface area (Å²) in [7, 11) is -1.08. The van der Waals surface area contributed by atoms with Gasteiger partial charge in [-0.05, 0) is 5.70 Å². The molecule has 0 spiro atoms. The molecule has 0 unspecified atom stereocenters. The normalized spacial score (nSPS) is 14.5. The summed E-state index contributed by atoms with van der Waals surface area (Å²) in [5.74, 6) is 0. The minimum Gasteiger partial charge on any atom is -0.399 e. The summed E-state index contributed by atoms with van der Waals surface area (Å²) in [6.07, 6.45) is 0.290. The van der Waals surface area contributed by atoms with Crippen LogP contribution in [0.5, 0.6) is 0 Å². The summed E-state index contributed by atoms with van der Waals surface area (Å²) in [5, 5.41) is 9.46. The van der Waals surface area contributed by atoms with Gasteiger partial charge in [0.2, 0.25) is 0 Å². The van der Waals surface area contributed by atoms with Crippen LogP contribution in [0.3, 0.4) is 0 Å². The first-order valence-corrected chi connectivity index (χ1v) is 15.1. The van der Waals surface area contributed by atoms with Gasteiger partial charge >= 0.3 is 8.80 Å². The van der Waals surface area contributed by atoms with Crippen LogP contribution in [-0.4, -0.2) is 57.6 Å². The van der Waals surface area contributed by atoms with Gasteiger partial charge in [0.1, 0.15) is 0 Å². The van der Waals surface area contributed by atoms with Crippen molar-refractivity contribution in [3.63, 3.8) is 0 Å². The van der Waals surface area contributed by atoms with E-state index in [9.17, 15) is 5.11 Å². The van der Waals surface area contributed by atoms with E-state index in [1.165, 1.54) is 0 Å². The number of rotatable bonds is 10. The molecule has 0 atom stereocenters. The largest absolute Gasteiger partial charge is 0.528 e. The zero-order chi connectivity index (χ0) is 16.6. The van der Waals surface area contributed by atoms with E-state index in [4.69, 9.17) is 13.3 Å². The topological polar surface area (TPSA) is 47.9 Å². The second-order valence-corrected chi connectivity index (χ2v) is 17.9. The Kier molecular flexibility index (Phi) is 9.17. The minimum absolute atomic E-state index is 0.290. The molecule has 0 radical (unpaired) electrons. The summed E-state index contributed by atoms with van der Waals surface area (Å²) in [6, 6.07) is 2.24. The van der Waals surface area contributed by atoms with Crippen LogP contribution in [0.15, 0.2) is 22.8 Å². The fourth-order valence-corrected chi connectivity index (χ4v) is 9.79. The van der Waals surface area contributed by atoms with Crippen molar-refractivity contribution in [3.05, 3.63) is 22.8 Å². The first-order chi connectivity index (χ1) is 9.78. The van der Waals surface area contributed by atoms with E-state index >= 15 is 0 Å². The van der Waals surface area contributed by atoms with E-state index in [0.717, 1.165) is 12.1 Å². The van der Waals surface area contributed by atoms with Crippen molar-refractivity contribution >= 4 is 25.0 Å². The van der Waals surface area contributed by atoms with Crippen LogP contribution in [0, 0.1) is 0 Å². The average Bonchev–Trinajstić information content (AvgIpc) is 2.52. The smallest absolute Gasteiger partial charge is 0.399 e. The predicted molar refractivity (Wildman–Crippen MR) is 96.3 cm³/mol. The molecule has 0 aromatic rings. The Morgan fingerprint density at radius 1 is 0.810 bits per heavy atom. The van der Waals surface area contributed by atoms with E-state index < -0.39 is 25.0 Å². The summed E-state index contributed by atoms with van der Waals surface area (Å²) in [5.41, 5.74) is 8.97. The van der Waals surface area contributed by atoms with Gasteiger partial charge in [0, 0.05) is 27.6 Å². The van der Waals surface area contributed by atoms with Gasteiger partial charge in [-0.15, -0.1) is 0 Å². The first-order valence-electron chi connectivity index (χ1n) is 7.45. The van der Waals surface area contributed by atoms with Crippen LogP contribution in [-0.2, 0) is 13.3 Å². The lowest BCUT2D eigenvalue weighted by Gasteiger charge is -2.26. The van der Waals surface area contributed by atoms with Crippen LogP contribution in [0.4, 0.5) is 0 Å². The van der Waals surface area contributed by atoms with E-state index in [1.807, 2.05) is 5.70 Å². The zero-order valence-corrected chi connectivity index (χ0v) is 17.6. The van der Waals surface area contributed by atoms with E-state index in [1.54, 1.807) is 21.3 Å². The highest BCUT2D eigenvalue weighted by molar-refractivity contribution is 6.92. The van der Waals surface area contributed by atoms with Crippen LogP contribution in [0.25, 0.3) is 0 Å². The minimum atomic E-state index is -2.66. The highest BCUT2D eigenvalue weighted by Gasteiger charge is 2.36. The Morgan fingerprint density at radius 3 is 1.57 bits per heavy atom. The van der Waals surface area contributed by atoms with Gasteiger partial charge in [-0.1, -0.05) is 56.1 Å². The molecule has 1 N–H and O–H groups in total. The predicted octanol–water partition coefficient (Wildman–Crippen LogP) is 2.86. The van der Waals surface area contributed by atoms with Gasteiger partial charge in [0.15, 0.2) is 0 Å². The molecule has 124 valence electrons. The molecule has 7 heteroatoms. The monoisotopic (exact) mass is 348 g/mol. The molecule has 0 aliphatic carbocycles. The second-order valence-electron chi connectivity index (χ2n) is 5.97. The van der Waals surface area contributed by atoms with Crippen molar-refractivity contribution in [1.82, 2.24) is 0 Å². The highest BCUT2D eigenvalue weighted by Crippen LogP contribution is 2.22. The van der Waals surface area contributed by atoms with E-state index in [2.05, 4.69) is 44.0 Å². The fourth-order valence-electron chi connectivity index (χ4n) is 1.94. The van der Waals surface area contributed by atoms with Crippen molar-refractivity contribution in [1.29, 1.82) is 0 Å². The Labute approximate surface area is 133 Å². The molecule has 21 heavy (non-hydrogen) atoms. The molecule has 0 aliphatic heterocycles. The van der Waals surface area contributed by atoms with Gasteiger partial charge in [-0.25, -0.2) is 0 Å². The molecular formula is C14H32O4Si3. The van der Waals surface area contributed by atoms with Gasteiger partial charge in [0.25, 0.3) is 0 Å². The van der Waals surface area contributed by atoms with Crippen LogP contribution < -0.4 is 0 Å². The van der Waals surface area contributed by atoms with Crippen molar-refractivity contribution in [2.75, 3.05) is 27.6 Å². The molecular weight excluding hydrogens is 316 g/mol. The van der Waals surface area contributed by atoms with Crippen LogP contribution in [0.2, 0.25) is 25.2 Å². The number of aliphatic hydroxyl groups is 1. The second kappa shape index (κ2) is 9.19. The molecule has 0 saturated carbocycles. The maximum absolute atomic E-state index is 9.46. The maximum atomic E-state index is 9.46. The lowest BCUT2D eigenvalue weighted by atomic mass is 10.9. The summed E-state index contributed by atoms with van der Waals surface area (Å²) >= 11 is 0. The molecule has 0 fully saturated rings. The zero-order valence-electron chi connectivity index (χ0n) is 14.6. The summed E-state index contributed by atoms with van der Waals surface area (Å²) < 4.78 is 16.4. The molecule has 0 saturated heterocycles.